The zero-order chi connectivity index (χ0) is 26.1. The highest BCUT2D eigenvalue weighted by Gasteiger charge is 2.24. The van der Waals surface area contributed by atoms with Gasteiger partial charge in [-0.3, -0.25) is 9.69 Å². The molecule has 2 N–H and O–H groups in total. The first-order chi connectivity index (χ1) is 17.3. The standard InChI is InChI=1S/C28H36FN5O2/c1-5-21(26(35)6-2)11-12-30-27-10-8-23(20-31-27)22-7-9-25(29)24(19-22)28(36)34-17-15-33(16-18-34)14-13-32(3)4/h5-12,19-20,35H,13-18H2,1-4H3,(H,30,31)/b12-11+,21-5-,26-6+. The van der Waals surface area contributed by atoms with Crippen LogP contribution in [0.25, 0.3) is 11.1 Å². The van der Waals surface area contributed by atoms with E-state index in [1.165, 1.54) is 6.07 Å². The molecule has 1 aromatic heterocycles. The number of hydrogen-bond acceptors (Lipinski definition) is 6. The van der Waals surface area contributed by atoms with Gasteiger partial charge in [0.2, 0.25) is 0 Å². The number of aliphatic hydroxyl groups excluding tert-OH is 1. The molecule has 0 aliphatic carbocycles. The maximum atomic E-state index is 14.6. The number of aliphatic hydroxyl groups is 1. The highest BCUT2D eigenvalue weighted by atomic mass is 19.1. The molecule has 1 saturated heterocycles. The number of halogens is 1. The number of rotatable bonds is 9. The van der Waals surface area contributed by atoms with E-state index in [1.807, 2.05) is 39.2 Å². The van der Waals surface area contributed by atoms with Crippen LogP contribution in [0, 0.1) is 5.82 Å². The quantitative estimate of drug-likeness (QED) is 0.395. The minimum atomic E-state index is -0.515. The smallest absolute Gasteiger partial charge is 0.256 e. The molecule has 1 aliphatic heterocycles. The van der Waals surface area contributed by atoms with Crippen molar-refractivity contribution in [2.24, 2.45) is 0 Å². The molecule has 1 fully saturated rings. The van der Waals surface area contributed by atoms with E-state index in [1.54, 1.807) is 48.5 Å². The van der Waals surface area contributed by atoms with Crippen molar-refractivity contribution < 1.29 is 14.3 Å². The third kappa shape index (κ3) is 7.26. The van der Waals surface area contributed by atoms with E-state index < -0.39 is 5.82 Å². The Labute approximate surface area is 213 Å². The molecule has 0 radical (unpaired) electrons. The second-order valence-corrected chi connectivity index (χ2v) is 8.96. The van der Waals surface area contributed by atoms with Gasteiger partial charge in [0, 0.05) is 62.8 Å². The number of aromatic nitrogens is 1. The van der Waals surface area contributed by atoms with Crippen molar-refractivity contribution in [3.63, 3.8) is 0 Å². The summed E-state index contributed by atoms with van der Waals surface area (Å²) in [7, 11) is 4.09. The highest BCUT2D eigenvalue weighted by Crippen LogP contribution is 2.24. The predicted molar refractivity (Wildman–Crippen MR) is 143 cm³/mol. The molecular weight excluding hydrogens is 457 g/mol. The largest absolute Gasteiger partial charge is 0.508 e. The number of amides is 1. The van der Waals surface area contributed by atoms with E-state index >= 15 is 0 Å². The number of pyridine rings is 1. The van der Waals surface area contributed by atoms with E-state index in [0.717, 1.165) is 37.3 Å². The van der Waals surface area contributed by atoms with Gasteiger partial charge in [-0.25, -0.2) is 9.37 Å². The zero-order valence-corrected chi connectivity index (χ0v) is 21.5. The fraction of sp³-hybridized carbons (Fsp3) is 0.357. The number of nitrogens with zero attached hydrogens (tertiary/aromatic N) is 4. The summed E-state index contributed by atoms with van der Waals surface area (Å²) in [4.78, 5) is 23.7. The summed E-state index contributed by atoms with van der Waals surface area (Å²) in [5.41, 5.74) is 2.29. The minimum Gasteiger partial charge on any atom is -0.508 e. The van der Waals surface area contributed by atoms with Crippen LogP contribution in [0.4, 0.5) is 10.2 Å². The van der Waals surface area contributed by atoms with E-state index in [2.05, 4.69) is 20.1 Å². The normalized spacial score (nSPS) is 15.7. The minimum absolute atomic E-state index is 0.0852. The number of piperazine rings is 1. The first-order valence-corrected chi connectivity index (χ1v) is 12.2. The van der Waals surface area contributed by atoms with Crippen LogP contribution in [0.2, 0.25) is 0 Å². The maximum Gasteiger partial charge on any atom is 0.256 e. The lowest BCUT2D eigenvalue weighted by Gasteiger charge is -2.35. The van der Waals surface area contributed by atoms with E-state index in [9.17, 15) is 14.3 Å². The van der Waals surface area contributed by atoms with E-state index in [4.69, 9.17) is 0 Å². The van der Waals surface area contributed by atoms with Crippen molar-refractivity contribution in [2.75, 3.05) is 58.7 Å². The van der Waals surface area contributed by atoms with Gasteiger partial charge in [-0.05, 0) is 69.9 Å². The van der Waals surface area contributed by atoms with Crippen LogP contribution >= 0.6 is 0 Å². The molecule has 7 nitrogen and oxygen atoms in total. The number of hydrogen-bond donors (Lipinski definition) is 2. The fourth-order valence-corrected chi connectivity index (χ4v) is 3.92. The molecule has 0 atom stereocenters. The van der Waals surface area contributed by atoms with Gasteiger partial charge < -0.3 is 20.2 Å². The van der Waals surface area contributed by atoms with Crippen molar-refractivity contribution >= 4 is 11.7 Å². The van der Waals surface area contributed by atoms with Crippen LogP contribution in [0.5, 0.6) is 0 Å². The predicted octanol–water partition coefficient (Wildman–Crippen LogP) is 4.54. The summed E-state index contributed by atoms with van der Waals surface area (Å²) in [6, 6.07) is 8.29. The molecule has 1 aliphatic rings. The van der Waals surface area contributed by atoms with Crippen LogP contribution in [-0.2, 0) is 0 Å². The maximum absolute atomic E-state index is 14.6. The van der Waals surface area contributed by atoms with Gasteiger partial charge in [0.05, 0.1) is 5.56 Å². The van der Waals surface area contributed by atoms with Crippen LogP contribution in [-0.4, -0.2) is 84.1 Å². The van der Waals surface area contributed by atoms with E-state index in [0.29, 0.717) is 24.5 Å². The molecule has 0 unspecified atom stereocenters. The first-order valence-electron chi connectivity index (χ1n) is 12.2. The first kappa shape index (κ1) is 27.1. The number of carbonyl (C=O) groups is 1. The number of anilines is 1. The van der Waals surface area contributed by atoms with Crippen LogP contribution < -0.4 is 5.32 Å². The lowest BCUT2D eigenvalue weighted by molar-refractivity contribution is 0.0625. The zero-order valence-electron chi connectivity index (χ0n) is 21.5. The average molecular weight is 494 g/mol. The summed E-state index contributed by atoms with van der Waals surface area (Å²) < 4.78 is 14.6. The molecule has 36 heavy (non-hydrogen) atoms. The summed E-state index contributed by atoms with van der Waals surface area (Å²) in [6.45, 7) is 8.30. The second kappa shape index (κ2) is 13.0. The number of allylic oxidation sites excluding steroid dienone is 3. The summed E-state index contributed by atoms with van der Waals surface area (Å²) in [6.07, 6.45) is 8.57. The monoisotopic (exact) mass is 493 g/mol. The van der Waals surface area contributed by atoms with Gasteiger partial charge in [0.1, 0.15) is 17.4 Å². The fourth-order valence-electron chi connectivity index (χ4n) is 3.92. The third-order valence-corrected chi connectivity index (χ3v) is 6.19. The number of benzene rings is 1. The summed E-state index contributed by atoms with van der Waals surface area (Å²) in [5.74, 6) is 0.0317. The Morgan fingerprint density at radius 1 is 1.11 bits per heavy atom. The number of carbonyl (C=O) groups excluding carboxylic acids is 1. The Balaban J connectivity index is 1.65. The van der Waals surface area contributed by atoms with Gasteiger partial charge in [0.15, 0.2) is 0 Å². The third-order valence-electron chi connectivity index (χ3n) is 6.19. The molecular formula is C28H36FN5O2. The summed E-state index contributed by atoms with van der Waals surface area (Å²) in [5, 5.41) is 12.9. The van der Waals surface area contributed by atoms with Crippen molar-refractivity contribution in [3.05, 3.63) is 83.7 Å². The Kier molecular flexibility index (Phi) is 9.78. The number of nitrogens with one attached hydrogen (secondary N) is 1. The van der Waals surface area contributed by atoms with Gasteiger partial charge in [0.25, 0.3) is 5.91 Å². The molecule has 2 heterocycles. The Bertz CT molecular complexity index is 1120. The second-order valence-electron chi connectivity index (χ2n) is 8.96. The molecule has 8 heteroatoms. The van der Waals surface area contributed by atoms with Crippen molar-refractivity contribution in [1.29, 1.82) is 0 Å². The van der Waals surface area contributed by atoms with Gasteiger partial charge in [-0.15, -0.1) is 0 Å². The molecule has 3 rings (SSSR count). The molecule has 2 aromatic rings. The van der Waals surface area contributed by atoms with Crippen LogP contribution in [0.3, 0.4) is 0 Å². The molecule has 0 bridgehead atoms. The molecule has 0 spiro atoms. The lowest BCUT2D eigenvalue weighted by Crippen LogP contribution is -2.50. The van der Waals surface area contributed by atoms with Gasteiger partial charge in [-0.1, -0.05) is 12.1 Å². The van der Waals surface area contributed by atoms with Crippen LogP contribution in [0.15, 0.2) is 72.3 Å². The van der Waals surface area contributed by atoms with Gasteiger partial charge >= 0.3 is 0 Å². The van der Waals surface area contributed by atoms with Crippen molar-refractivity contribution in [2.45, 2.75) is 13.8 Å². The average Bonchev–Trinajstić information content (AvgIpc) is 2.90. The van der Waals surface area contributed by atoms with Gasteiger partial charge in [-0.2, -0.15) is 0 Å². The number of likely N-dealkylation sites (N-methyl/N-ethyl adjacent to an activating group) is 1. The molecule has 192 valence electrons. The SMILES string of the molecule is C/C=C(/C=C/Nc1ccc(-c2ccc(F)c(C(=O)N3CCN(CCN(C)C)CC3)c2)cn1)C(\O)=C/C. The Hall–Kier alpha value is -3.49. The molecule has 0 saturated carbocycles. The van der Waals surface area contributed by atoms with E-state index in [-0.39, 0.29) is 17.2 Å². The topological polar surface area (TPSA) is 71.9 Å². The highest BCUT2D eigenvalue weighted by molar-refractivity contribution is 5.96. The molecule has 1 aromatic carbocycles. The molecule has 1 amide bonds. The summed E-state index contributed by atoms with van der Waals surface area (Å²) >= 11 is 0. The lowest BCUT2D eigenvalue weighted by atomic mass is 10.0. The Morgan fingerprint density at radius 2 is 1.83 bits per heavy atom. The Morgan fingerprint density at radius 3 is 2.44 bits per heavy atom. The van der Waals surface area contributed by atoms with Crippen molar-refractivity contribution in [1.82, 2.24) is 19.7 Å². The van der Waals surface area contributed by atoms with Crippen LogP contribution in [0.1, 0.15) is 24.2 Å². The van der Waals surface area contributed by atoms with Crippen molar-refractivity contribution in [3.8, 4) is 11.1 Å².